The summed E-state index contributed by atoms with van der Waals surface area (Å²) in [5.41, 5.74) is 4.13. The average molecular weight is 492 g/mol. The monoisotopic (exact) mass is 492 g/mol. The van der Waals surface area contributed by atoms with Crippen LogP contribution in [0.3, 0.4) is 0 Å². The fraction of sp³-hybridized carbons (Fsp3) is 0.480. The van der Waals surface area contributed by atoms with Crippen LogP contribution in [0.1, 0.15) is 56.1 Å². The normalized spacial score (nSPS) is 20.7. The van der Waals surface area contributed by atoms with Crippen molar-refractivity contribution in [2.45, 2.75) is 57.9 Å². The zero-order valence-electron chi connectivity index (χ0n) is 18.5. The minimum atomic E-state index is -0.125. The molecule has 0 spiro atoms. The molecule has 1 saturated heterocycles. The molecule has 2 radical (unpaired) electrons. The van der Waals surface area contributed by atoms with E-state index in [1.807, 2.05) is 12.1 Å². The summed E-state index contributed by atoms with van der Waals surface area (Å²) in [6.45, 7) is 3.40. The maximum atomic E-state index is 14.1. The summed E-state index contributed by atoms with van der Waals surface area (Å²) in [7, 11) is 0. The van der Waals surface area contributed by atoms with E-state index in [0.29, 0.717) is 24.9 Å². The van der Waals surface area contributed by atoms with Crippen molar-refractivity contribution in [2.75, 3.05) is 18.1 Å². The van der Waals surface area contributed by atoms with Gasteiger partial charge in [0, 0.05) is 0 Å². The van der Waals surface area contributed by atoms with Gasteiger partial charge in [-0.3, -0.25) is 0 Å². The first-order chi connectivity index (χ1) is 15.6. The van der Waals surface area contributed by atoms with Crippen molar-refractivity contribution in [2.24, 2.45) is 11.0 Å². The first-order valence-corrected chi connectivity index (χ1v) is 12.6. The molecule has 3 aliphatic rings. The van der Waals surface area contributed by atoms with Crippen molar-refractivity contribution < 1.29 is 9.53 Å². The standard InChI is InChI=1S/C25H29AsN4O2/c1-17-7-9-21-22(15-17)29(23-10-8-19(26)16-27-23)25(31)30(20-11-13-32-14-12-20)28-24(21)18-5-3-2-4-6-18/h7-10,15-16,18,20H,2-6,11-14H2,1H3. The summed E-state index contributed by atoms with van der Waals surface area (Å²) in [4.78, 5) is 20.5. The molecule has 1 aromatic carbocycles. The van der Waals surface area contributed by atoms with E-state index in [-0.39, 0.29) is 12.1 Å². The van der Waals surface area contributed by atoms with Gasteiger partial charge in [-0.05, 0) is 0 Å². The Labute approximate surface area is 198 Å². The summed E-state index contributed by atoms with van der Waals surface area (Å²) >= 11 is 2.50. The molecule has 2 fully saturated rings. The Morgan fingerprint density at radius 1 is 1.03 bits per heavy atom. The van der Waals surface area contributed by atoms with Gasteiger partial charge in [-0.2, -0.15) is 0 Å². The summed E-state index contributed by atoms with van der Waals surface area (Å²) in [5, 5.41) is 6.89. The number of urea groups is 1. The van der Waals surface area contributed by atoms with Crippen LogP contribution in [0.5, 0.6) is 0 Å². The van der Waals surface area contributed by atoms with Gasteiger partial charge in [0.2, 0.25) is 0 Å². The molecule has 2 aliphatic heterocycles. The van der Waals surface area contributed by atoms with E-state index >= 15 is 0 Å². The van der Waals surface area contributed by atoms with E-state index in [1.54, 1.807) is 16.1 Å². The average Bonchev–Trinajstić information content (AvgIpc) is 2.95. The zero-order valence-corrected chi connectivity index (χ0v) is 20.4. The Balaban J connectivity index is 1.68. The number of hydrazone groups is 1. The number of aromatic nitrogens is 1. The van der Waals surface area contributed by atoms with Gasteiger partial charge >= 0.3 is 199 Å². The van der Waals surface area contributed by atoms with Crippen LogP contribution >= 0.6 is 0 Å². The number of carbonyl (C=O) groups excluding carboxylic acids is 1. The van der Waals surface area contributed by atoms with E-state index in [0.717, 1.165) is 52.6 Å². The van der Waals surface area contributed by atoms with Gasteiger partial charge in [-0.1, -0.05) is 0 Å². The van der Waals surface area contributed by atoms with Crippen molar-refractivity contribution in [1.29, 1.82) is 0 Å². The first kappa shape index (κ1) is 21.7. The maximum absolute atomic E-state index is 14.1. The molecule has 5 rings (SSSR count). The Bertz CT molecular complexity index is 1010. The molecule has 6 nitrogen and oxygen atoms in total. The Morgan fingerprint density at radius 3 is 2.53 bits per heavy atom. The quantitative estimate of drug-likeness (QED) is 0.603. The van der Waals surface area contributed by atoms with Crippen LogP contribution in [0.25, 0.3) is 0 Å². The molecule has 0 atom stereocenters. The third kappa shape index (κ3) is 4.23. The number of benzene rings is 1. The number of carbonyl (C=O) groups is 1. The molecular formula is C25H29AsN4O2. The van der Waals surface area contributed by atoms with Crippen LogP contribution in [0.15, 0.2) is 41.6 Å². The summed E-state index contributed by atoms with van der Waals surface area (Å²) in [6, 6.07) is 10.2. The molecule has 2 aromatic rings. The van der Waals surface area contributed by atoms with Crippen molar-refractivity contribution in [3.8, 4) is 0 Å². The number of hydrogen-bond donors (Lipinski definition) is 0. The van der Waals surface area contributed by atoms with Gasteiger partial charge in [0.1, 0.15) is 0 Å². The van der Waals surface area contributed by atoms with Gasteiger partial charge in [0.05, 0.1) is 0 Å². The second-order valence-electron chi connectivity index (χ2n) is 9.02. The number of aryl methyl sites for hydroxylation is 1. The minimum absolute atomic E-state index is 0.0369. The van der Waals surface area contributed by atoms with E-state index < -0.39 is 0 Å². The molecule has 1 aromatic heterocycles. The van der Waals surface area contributed by atoms with E-state index in [1.165, 1.54) is 19.3 Å². The van der Waals surface area contributed by atoms with E-state index in [2.05, 4.69) is 47.0 Å². The fourth-order valence-corrected chi connectivity index (χ4v) is 5.32. The number of anilines is 2. The van der Waals surface area contributed by atoms with Gasteiger partial charge in [-0.25, -0.2) is 0 Å². The molecule has 166 valence electrons. The van der Waals surface area contributed by atoms with Crippen LogP contribution in [-0.2, 0) is 4.74 Å². The van der Waals surface area contributed by atoms with Crippen molar-refractivity contribution in [1.82, 2.24) is 9.99 Å². The van der Waals surface area contributed by atoms with Crippen LogP contribution in [0, 0.1) is 12.8 Å². The van der Waals surface area contributed by atoms with Crippen molar-refractivity contribution in [3.05, 3.63) is 47.7 Å². The predicted molar refractivity (Wildman–Crippen MR) is 127 cm³/mol. The van der Waals surface area contributed by atoms with Crippen molar-refractivity contribution >= 4 is 44.5 Å². The van der Waals surface area contributed by atoms with E-state index in [9.17, 15) is 4.79 Å². The summed E-state index contributed by atoms with van der Waals surface area (Å²) in [6.07, 6.45) is 9.38. The molecule has 2 amide bonds. The molecular weight excluding hydrogens is 463 g/mol. The van der Waals surface area contributed by atoms with Crippen LogP contribution in [0.2, 0.25) is 0 Å². The number of amides is 2. The molecule has 32 heavy (non-hydrogen) atoms. The number of fused-ring (bicyclic) bond motifs is 1. The summed E-state index contributed by atoms with van der Waals surface area (Å²) in [5.74, 6) is 1.01. The first-order valence-electron chi connectivity index (χ1n) is 11.7. The molecule has 0 N–H and O–H groups in total. The van der Waals surface area contributed by atoms with Gasteiger partial charge in [-0.15, -0.1) is 0 Å². The molecule has 7 heteroatoms. The topological polar surface area (TPSA) is 58.0 Å². The number of pyridine rings is 1. The molecule has 1 saturated carbocycles. The predicted octanol–water partition coefficient (Wildman–Crippen LogP) is 4.22. The van der Waals surface area contributed by atoms with Crippen LogP contribution < -0.4 is 9.25 Å². The Hall–Kier alpha value is -2.17. The van der Waals surface area contributed by atoms with Crippen LogP contribution in [-0.4, -0.2) is 57.8 Å². The third-order valence-corrected chi connectivity index (χ3v) is 7.32. The SMILES string of the molecule is Cc1ccc2c(c1)N(c1ccc([As])cn1)C(=O)N(C1CCOCC1)N=C2C1CCCCC1. The molecule has 0 bridgehead atoms. The second kappa shape index (κ2) is 9.36. The third-order valence-electron chi connectivity index (χ3n) is 6.76. The number of ether oxygens (including phenoxy) is 1. The Kier molecular flexibility index (Phi) is 6.34. The van der Waals surface area contributed by atoms with Crippen LogP contribution in [0.4, 0.5) is 16.3 Å². The van der Waals surface area contributed by atoms with Crippen molar-refractivity contribution in [3.63, 3.8) is 0 Å². The Morgan fingerprint density at radius 2 is 1.81 bits per heavy atom. The molecule has 1 aliphatic carbocycles. The number of nitrogens with zero attached hydrogens (tertiary/aromatic N) is 4. The summed E-state index contributed by atoms with van der Waals surface area (Å²) < 4.78 is 6.60. The van der Waals surface area contributed by atoms with Gasteiger partial charge in [0.25, 0.3) is 0 Å². The number of hydrogen-bond acceptors (Lipinski definition) is 4. The molecule has 0 unspecified atom stereocenters. The zero-order chi connectivity index (χ0) is 22.1. The molecule has 3 heterocycles. The van der Waals surface area contributed by atoms with Gasteiger partial charge in [0.15, 0.2) is 0 Å². The van der Waals surface area contributed by atoms with E-state index in [4.69, 9.17) is 9.84 Å². The number of rotatable bonds is 3. The fourth-order valence-electron chi connectivity index (χ4n) is 5.04. The second-order valence-corrected chi connectivity index (χ2v) is 10.1. The van der Waals surface area contributed by atoms with Gasteiger partial charge < -0.3 is 0 Å².